The molecule has 0 bridgehead atoms. The topological polar surface area (TPSA) is 47.6 Å². The van der Waals surface area contributed by atoms with Crippen LogP contribution >= 0.6 is 0 Å². The molecule has 0 saturated carbocycles. The molecule has 0 unspecified atom stereocenters. The van der Waals surface area contributed by atoms with Crippen molar-refractivity contribution in [3.8, 4) is 12.1 Å². The van der Waals surface area contributed by atoms with Gasteiger partial charge < -0.3 is 25.3 Å². The van der Waals surface area contributed by atoms with Gasteiger partial charge in [-0.2, -0.15) is 10.5 Å². The monoisotopic (exact) mass is 163 g/mol. The Bertz CT molecular complexity index is 176. The number of nitrogens with zero attached hydrogens (tertiary/aromatic N) is 2. The summed E-state index contributed by atoms with van der Waals surface area (Å²) in [7, 11) is 0. The zero-order valence-electron chi connectivity index (χ0n) is 4.71. The molecular weight excluding hydrogens is 163 g/mol. The Morgan fingerprint density at radius 1 is 1.00 bits per heavy atom. The van der Waals surface area contributed by atoms with Crippen molar-refractivity contribution in [2.75, 3.05) is 0 Å². The Labute approximate surface area is 86.7 Å². The first-order valence-electron chi connectivity index (χ1n) is 1.61. The summed E-state index contributed by atoms with van der Waals surface area (Å²) in [5, 5.41) is 16.0. The molecule has 0 aliphatic rings. The second kappa shape index (κ2) is 6.28. The second-order valence-electron chi connectivity index (χ2n) is 0.882. The molecule has 0 amide bonds. The molecule has 0 aromatic carbocycles. The molecular formula is C4N2NaS2-. The molecule has 0 heterocycles. The second-order valence-corrected chi connectivity index (χ2v) is 1.70. The third-order valence-electron chi connectivity index (χ3n) is 0.409. The van der Waals surface area contributed by atoms with Gasteiger partial charge in [-0.15, -0.1) is 9.81 Å². The normalized spacial score (nSPS) is 9.56. The van der Waals surface area contributed by atoms with E-state index in [9.17, 15) is 0 Å². The van der Waals surface area contributed by atoms with Crippen molar-refractivity contribution >= 4 is 25.3 Å². The minimum atomic E-state index is -0.109. The van der Waals surface area contributed by atoms with Crippen LogP contribution in [-0.4, -0.2) is 0 Å². The van der Waals surface area contributed by atoms with Gasteiger partial charge >= 0.3 is 29.6 Å². The molecule has 0 spiro atoms. The molecule has 0 aromatic heterocycles. The third kappa shape index (κ3) is 4.65. The zero-order chi connectivity index (χ0) is 6.57. The molecule has 0 saturated heterocycles. The van der Waals surface area contributed by atoms with Crippen molar-refractivity contribution < 1.29 is 29.6 Å². The Hall–Kier alpha value is 0.160. The Morgan fingerprint density at radius 3 is 1.33 bits per heavy atom. The smallest absolute Gasteiger partial charge is 0.770 e. The largest absolute Gasteiger partial charge is 1.00 e. The summed E-state index contributed by atoms with van der Waals surface area (Å²) in [6.07, 6.45) is 0. The molecule has 40 valence electrons. The van der Waals surface area contributed by atoms with Crippen LogP contribution in [0.15, 0.2) is 9.81 Å². The molecule has 9 heavy (non-hydrogen) atoms. The van der Waals surface area contributed by atoms with Crippen LogP contribution in [0, 0.1) is 22.7 Å². The van der Waals surface area contributed by atoms with E-state index >= 15 is 0 Å². The molecule has 0 aliphatic carbocycles. The summed E-state index contributed by atoms with van der Waals surface area (Å²) < 4.78 is 0. The van der Waals surface area contributed by atoms with E-state index < -0.39 is 0 Å². The van der Waals surface area contributed by atoms with Gasteiger partial charge in [-0.25, -0.2) is 0 Å². The average Bonchev–Trinajstić information content (AvgIpc) is 1.84. The van der Waals surface area contributed by atoms with Gasteiger partial charge in [0.25, 0.3) is 0 Å². The molecule has 0 fully saturated rings. The maximum absolute atomic E-state index is 8.01. The number of hydrogen-bond acceptors (Lipinski definition) is 4. The standard InChI is InChI=1S/C4H2N2S2.Na/c5-1-3(7)4(8)2-6;/h7-8H;/q;+1/p-2. The molecule has 0 radical (unpaired) electrons. The third-order valence-corrected chi connectivity index (χ3v) is 1.13. The summed E-state index contributed by atoms with van der Waals surface area (Å²) in [5.74, 6) is 0. The number of rotatable bonds is 0. The first-order valence-corrected chi connectivity index (χ1v) is 2.42. The maximum Gasteiger partial charge on any atom is 1.00 e. The molecule has 0 aliphatic heterocycles. The summed E-state index contributed by atoms with van der Waals surface area (Å²) in [5.41, 5.74) is 0. The molecule has 0 rings (SSSR count). The van der Waals surface area contributed by atoms with Crippen molar-refractivity contribution in [1.29, 1.82) is 10.5 Å². The van der Waals surface area contributed by atoms with Crippen LogP contribution in [0.3, 0.4) is 0 Å². The van der Waals surface area contributed by atoms with Gasteiger partial charge in [0.1, 0.15) is 0 Å². The van der Waals surface area contributed by atoms with Crippen LogP contribution in [0.1, 0.15) is 0 Å². The van der Waals surface area contributed by atoms with Gasteiger partial charge in [-0.3, -0.25) is 0 Å². The summed E-state index contributed by atoms with van der Waals surface area (Å²) in [6, 6.07) is 3.17. The SMILES string of the molecule is N#CC([S-])=C([S-])C#N.[Na+]. The van der Waals surface area contributed by atoms with E-state index in [0.29, 0.717) is 0 Å². The van der Waals surface area contributed by atoms with Crippen LogP contribution in [-0.2, 0) is 25.3 Å². The van der Waals surface area contributed by atoms with Crippen LogP contribution in [0.2, 0.25) is 0 Å². The van der Waals surface area contributed by atoms with Crippen LogP contribution in [0.5, 0.6) is 0 Å². The first-order chi connectivity index (χ1) is 3.72. The van der Waals surface area contributed by atoms with E-state index in [2.05, 4.69) is 25.3 Å². The Morgan fingerprint density at radius 2 is 1.22 bits per heavy atom. The van der Waals surface area contributed by atoms with E-state index in [1.807, 2.05) is 0 Å². The molecule has 5 heteroatoms. The fourth-order valence-electron chi connectivity index (χ4n) is 0.102. The van der Waals surface area contributed by atoms with Gasteiger partial charge in [-0.1, -0.05) is 0 Å². The van der Waals surface area contributed by atoms with Crippen LogP contribution in [0.4, 0.5) is 0 Å². The number of nitriles is 2. The molecule has 2 nitrogen and oxygen atoms in total. The summed E-state index contributed by atoms with van der Waals surface area (Å²) in [4.78, 5) is -0.218. The minimum absolute atomic E-state index is 0. The van der Waals surface area contributed by atoms with Crippen molar-refractivity contribution in [3.63, 3.8) is 0 Å². The van der Waals surface area contributed by atoms with Crippen LogP contribution in [0.25, 0.3) is 0 Å². The van der Waals surface area contributed by atoms with Gasteiger partial charge in [0.2, 0.25) is 0 Å². The van der Waals surface area contributed by atoms with E-state index in [-0.39, 0.29) is 39.4 Å². The van der Waals surface area contributed by atoms with Crippen LogP contribution < -0.4 is 29.6 Å². The van der Waals surface area contributed by atoms with Crippen molar-refractivity contribution in [2.24, 2.45) is 0 Å². The number of allylic oxidation sites excluding steroid dienone is 2. The summed E-state index contributed by atoms with van der Waals surface area (Å²) in [6.45, 7) is 0. The fourth-order valence-corrected chi connectivity index (χ4v) is 0.193. The van der Waals surface area contributed by atoms with E-state index in [1.54, 1.807) is 12.1 Å². The van der Waals surface area contributed by atoms with Crippen molar-refractivity contribution in [3.05, 3.63) is 9.81 Å². The van der Waals surface area contributed by atoms with E-state index in [1.165, 1.54) is 0 Å². The van der Waals surface area contributed by atoms with Gasteiger partial charge in [0.05, 0.1) is 12.1 Å². The van der Waals surface area contributed by atoms with Gasteiger partial charge in [0, 0.05) is 0 Å². The maximum atomic E-state index is 8.01. The molecule has 0 N–H and O–H groups in total. The van der Waals surface area contributed by atoms with Gasteiger partial charge in [-0.05, 0) is 0 Å². The first kappa shape index (κ1) is 11.9. The van der Waals surface area contributed by atoms with Crippen molar-refractivity contribution in [2.45, 2.75) is 0 Å². The van der Waals surface area contributed by atoms with E-state index in [0.717, 1.165) is 0 Å². The molecule has 0 atom stereocenters. The Kier molecular flexibility index (Phi) is 8.31. The fraction of sp³-hybridized carbons (Fsp3) is 0. The average molecular weight is 163 g/mol. The predicted octanol–water partition coefficient (Wildman–Crippen LogP) is -2.66. The zero-order valence-corrected chi connectivity index (χ0v) is 8.34. The molecule has 0 aromatic rings. The van der Waals surface area contributed by atoms with Crippen molar-refractivity contribution in [1.82, 2.24) is 0 Å². The van der Waals surface area contributed by atoms with Gasteiger partial charge in [0.15, 0.2) is 0 Å². The Balaban J connectivity index is 0. The summed E-state index contributed by atoms with van der Waals surface area (Å²) >= 11 is 8.70. The van der Waals surface area contributed by atoms with E-state index in [4.69, 9.17) is 10.5 Å². The quantitative estimate of drug-likeness (QED) is 0.222. The number of hydrogen-bond donors (Lipinski definition) is 0. The minimum Gasteiger partial charge on any atom is -0.770 e. The predicted molar refractivity (Wildman–Crippen MR) is 33.0 cm³/mol.